The largest absolute Gasteiger partial charge is 0.479 e. The molecule has 19 heavy (non-hydrogen) atoms. The van der Waals surface area contributed by atoms with E-state index in [4.69, 9.17) is 9.84 Å². The number of carbonyl (C=O) groups is 2. The normalized spacial score (nSPS) is 11.8. The van der Waals surface area contributed by atoms with E-state index in [1.54, 1.807) is 30.3 Å². The first-order valence-electron chi connectivity index (χ1n) is 6.30. The van der Waals surface area contributed by atoms with Crippen molar-refractivity contribution in [1.82, 2.24) is 5.32 Å². The third-order valence-electron chi connectivity index (χ3n) is 2.51. The van der Waals surface area contributed by atoms with Crippen molar-refractivity contribution in [3.8, 4) is 0 Å². The summed E-state index contributed by atoms with van der Waals surface area (Å²) in [7, 11) is 0. The Morgan fingerprint density at radius 2 is 1.95 bits per heavy atom. The predicted molar refractivity (Wildman–Crippen MR) is 70.7 cm³/mol. The molecule has 1 atom stereocenters. The third-order valence-corrected chi connectivity index (χ3v) is 2.51. The van der Waals surface area contributed by atoms with E-state index in [9.17, 15) is 9.59 Å². The highest BCUT2D eigenvalue weighted by atomic mass is 16.5. The molecule has 0 heterocycles. The van der Waals surface area contributed by atoms with Crippen LogP contribution >= 0.6 is 0 Å². The molecule has 0 saturated heterocycles. The van der Waals surface area contributed by atoms with Crippen LogP contribution in [0.5, 0.6) is 0 Å². The van der Waals surface area contributed by atoms with E-state index >= 15 is 0 Å². The minimum Gasteiger partial charge on any atom is -0.479 e. The summed E-state index contributed by atoms with van der Waals surface area (Å²) >= 11 is 0. The molecule has 0 aliphatic rings. The molecule has 1 amide bonds. The number of rotatable bonds is 8. The summed E-state index contributed by atoms with van der Waals surface area (Å²) in [4.78, 5) is 22.8. The van der Waals surface area contributed by atoms with Gasteiger partial charge in [-0.1, -0.05) is 37.3 Å². The Hall–Kier alpha value is -1.88. The van der Waals surface area contributed by atoms with Crippen LogP contribution < -0.4 is 5.32 Å². The molecule has 5 nitrogen and oxygen atoms in total. The van der Waals surface area contributed by atoms with Gasteiger partial charge in [-0.2, -0.15) is 0 Å². The Morgan fingerprint density at radius 1 is 1.26 bits per heavy atom. The first kappa shape index (κ1) is 15.2. The van der Waals surface area contributed by atoms with E-state index in [-0.39, 0.29) is 12.3 Å². The summed E-state index contributed by atoms with van der Waals surface area (Å²) in [5, 5.41) is 11.6. The lowest BCUT2D eigenvalue weighted by Crippen LogP contribution is -2.34. The van der Waals surface area contributed by atoms with Crippen LogP contribution in [0.3, 0.4) is 0 Å². The maximum Gasteiger partial charge on any atom is 0.330 e. The summed E-state index contributed by atoms with van der Waals surface area (Å²) in [5.41, 5.74) is 0.554. The molecule has 0 aliphatic carbocycles. The van der Waals surface area contributed by atoms with Crippen LogP contribution in [0.4, 0.5) is 0 Å². The van der Waals surface area contributed by atoms with Crippen LogP contribution in [0.15, 0.2) is 30.3 Å². The topological polar surface area (TPSA) is 75.6 Å². The Kier molecular flexibility index (Phi) is 6.60. The Balaban J connectivity index is 2.51. The van der Waals surface area contributed by atoms with Gasteiger partial charge in [0.1, 0.15) is 0 Å². The highest BCUT2D eigenvalue weighted by Gasteiger charge is 2.21. The van der Waals surface area contributed by atoms with E-state index in [1.807, 2.05) is 6.92 Å². The number of carbonyl (C=O) groups excluding carboxylic acids is 1. The Morgan fingerprint density at radius 3 is 2.53 bits per heavy atom. The van der Waals surface area contributed by atoms with Crippen LogP contribution in [0.25, 0.3) is 0 Å². The predicted octanol–water partition coefficient (Wildman–Crippen LogP) is 1.75. The number of ether oxygens (including phenoxy) is 1. The van der Waals surface area contributed by atoms with Crippen molar-refractivity contribution in [3.63, 3.8) is 0 Å². The van der Waals surface area contributed by atoms with Gasteiger partial charge in [0.25, 0.3) is 0 Å². The molecule has 1 aromatic rings. The molecular formula is C14H19NO4. The van der Waals surface area contributed by atoms with Crippen molar-refractivity contribution in [2.45, 2.75) is 25.8 Å². The lowest BCUT2D eigenvalue weighted by Gasteiger charge is -2.14. The van der Waals surface area contributed by atoms with E-state index < -0.39 is 12.0 Å². The summed E-state index contributed by atoms with van der Waals surface area (Å²) < 4.78 is 5.19. The van der Waals surface area contributed by atoms with Crippen molar-refractivity contribution in [3.05, 3.63) is 35.9 Å². The smallest absolute Gasteiger partial charge is 0.330 e. The van der Waals surface area contributed by atoms with Crippen molar-refractivity contribution in [2.24, 2.45) is 0 Å². The molecule has 0 bridgehead atoms. The van der Waals surface area contributed by atoms with Gasteiger partial charge in [-0.25, -0.2) is 4.79 Å². The molecule has 5 heteroatoms. The number of benzene rings is 1. The molecule has 0 fully saturated rings. The van der Waals surface area contributed by atoms with Gasteiger partial charge in [0, 0.05) is 13.0 Å². The number of aliphatic carboxylic acids is 1. The fourth-order valence-electron chi connectivity index (χ4n) is 1.58. The first-order chi connectivity index (χ1) is 9.15. The number of carboxylic acids is 1. The SMILES string of the molecule is CCCOCCC(=O)NC(C(=O)O)c1ccccc1. The fraction of sp³-hybridized carbons (Fsp3) is 0.429. The zero-order valence-corrected chi connectivity index (χ0v) is 11.0. The highest BCUT2D eigenvalue weighted by Crippen LogP contribution is 2.12. The second-order valence-corrected chi connectivity index (χ2v) is 4.11. The minimum absolute atomic E-state index is 0.163. The van der Waals surface area contributed by atoms with Crippen LogP contribution in [-0.4, -0.2) is 30.2 Å². The summed E-state index contributed by atoms with van der Waals surface area (Å²) in [6.07, 6.45) is 1.06. The van der Waals surface area contributed by atoms with E-state index in [1.165, 1.54) is 0 Å². The zero-order chi connectivity index (χ0) is 14.1. The second kappa shape index (κ2) is 8.26. The van der Waals surface area contributed by atoms with Gasteiger partial charge in [-0.05, 0) is 12.0 Å². The van der Waals surface area contributed by atoms with Gasteiger partial charge in [0.05, 0.1) is 6.61 Å². The molecule has 0 spiro atoms. The number of nitrogens with one attached hydrogen (secondary N) is 1. The van der Waals surface area contributed by atoms with Gasteiger partial charge in [0.15, 0.2) is 6.04 Å². The maximum atomic E-state index is 11.6. The quantitative estimate of drug-likeness (QED) is 0.702. The van der Waals surface area contributed by atoms with Crippen molar-refractivity contribution in [2.75, 3.05) is 13.2 Å². The first-order valence-corrected chi connectivity index (χ1v) is 6.30. The fourth-order valence-corrected chi connectivity index (χ4v) is 1.58. The molecule has 1 rings (SSSR count). The standard InChI is InChI=1S/C14H19NO4/c1-2-9-19-10-8-12(16)15-13(14(17)18)11-6-4-3-5-7-11/h3-7,13H,2,8-10H2,1H3,(H,15,16)(H,17,18). The van der Waals surface area contributed by atoms with Gasteiger partial charge < -0.3 is 15.2 Å². The van der Waals surface area contributed by atoms with Crippen LogP contribution in [0.2, 0.25) is 0 Å². The molecule has 0 aromatic heterocycles. The number of carboxylic acid groups (broad SMARTS) is 1. The molecule has 104 valence electrons. The minimum atomic E-state index is -1.07. The molecule has 0 aliphatic heterocycles. The Labute approximate surface area is 112 Å². The van der Waals surface area contributed by atoms with Crippen LogP contribution in [0.1, 0.15) is 31.4 Å². The van der Waals surface area contributed by atoms with Gasteiger partial charge in [-0.3, -0.25) is 4.79 Å². The molecule has 2 N–H and O–H groups in total. The second-order valence-electron chi connectivity index (χ2n) is 4.11. The number of hydrogen-bond donors (Lipinski definition) is 2. The summed E-state index contributed by atoms with van der Waals surface area (Å²) in [5.74, 6) is -1.40. The molecule has 1 unspecified atom stereocenters. The van der Waals surface area contributed by atoms with E-state index in [0.717, 1.165) is 6.42 Å². The lowest BCUT2D eigenvalue weighted by atomic mass is 10.1. The average molecular weight is 265 g/mol. The van der Waals surface area contributed by atoms with E-state index in [2.05, 4.69) is 5.32 Å². The highest BCUT2D eigenvalue weighted by molar-refractivity contribution is 5.84. The van der Waals surface area contributed by atoms with Gasteiger partial charge >= 0.3 is 5.97 Å². The molecule has 0 radical (unpaired) electrons. The van der Waals surface area contributed by atoms with Crippen LogP contribution in [0, 0.1) is 0 Å². The maximum absolute atomic E-state index is 11.6. The van der Waals surface area contributed by atoms with E-state index in [0.29, 0.717) is 18.8 Å². The zero-order valence-electron chi connectivity index (χ0n) is 11.0. The number of amides is 1. The van der Waals surface area contributed by atoms with Crippen molar-refractivity contribution in [1.29, 1.82) is 0 Å². The Bertz CT molecular complexity index is 405. The van der Waals surface area contributed by atoms with Gasteiger partial charge in [-0.15, -0.1) is 0 Å². The van der Waals surface area contributed by atoms with Crippen molar-refractivity contribution >= 4 is 11.9 Å². The average Bonchev–Trinajstić information content (AvgIpc) is 2.41. The van der Waals surface area contributed by atoms with Gasteiger partial charge in [0.2, 0.25) is 5.91 Å². The monoisotopic (exact) mass is 265 g/mol. The van der Waals surface area contributed by atoms with Crippen molar-refractivity contribution < 1.29 is 19.4 Å². The summed E-state index contributed by atoms with van der Waals surface area (Å²) in [6.45, 7) is 2.89. The molecule has 1 aromatic carbocycles. The molecular weight excluding hydrogens is 246 g/mol. The van der Waals surface area contributed by atoms with Crippen LogP contribution in [-0.2, 0) is 14.3 Å². The lowest BCUT2D eigenvalue weighted by molar-refractivity contribution is -0.142. The third kappa shape index (κ3) is 5.52. The molecule has 0 saturated carbocycles. The summed E-state index contributed by atoms with van der Waals surface area (Å²) in [6, 6.07) is 7.60. The number of hydrogen-bond acceptors (Lipinski definition) is 3.